The van der Waals surface area contributed by atoms with E-state index in [0.29, 0.717) is 24.7 Å². The second kappa shape index (κ2) is 9.29. The van der Waals surface area contributed by atoms with Crippen molar-refractivity contribution in [2.75, 3.05) is 25.6 Å². The molecule has 0 saturated carbocycles. The molecule has 0 aliphatic rings. The fraction of sp³-hybridized carbons (Fsp3) is 0.190. The number of hydrogen-bond donors (Lipinski definition) is 2. The SMILES string of the molecule is COC(OCCNc1nccc(-c2c[nH]c3ncc(Br)cc23)n1)c1cccc(F)c1. The highest BCUT2D eigenvalue weighted by molar-refractivity contribution is 9.10. The van der Waals surface area contributed by atoms with Crippen molar-refractivity contribution in [2.45, 2.75) is 6.29 Å². The molecule has 0 radical (unpaired) electrons. The number of benzene rings is 1. The van der Waals surface area contributed by atoms with Gasteiger partial charge in [0.1, 0.15) is 11.5 Å². The van der Waals surface area contributed by atoms with Crippen LogP contribution in [0.1, 0.15) is 11.9 Å². The van der Waals surface area contributed by atoms with Crippen LogP contribution in [-0.4, -0.2) is 40.2 Å². The minimum Gasteiger partial charge on any atom is -0.352 e. The van der Waals surface area contributed by atoms with Gasteiger partial charge in [-0.3, -0.25) is 0 Å². The first kappa shape index (κ1) is 20.4. The molecule has 154 valence electrons. The van der Waals surface area contributed by atoms with E-state index in [-0.39, 0.29) is 5.82 Å². The maximum atomic E-state index is 13.4. The highest BCUT2D eigenvalue weighted by Crippen LogP contribution is 2.28. The fourth-order valence-corrected chi connectivity index (χ4v) is 3.40. The van der Waals surface area contributed by atoms with E-state index in [9.17, 15) is 4.39 Å². The Labute approximate surface area is 180 Å². The van der Waals surface area contributed by atoms with Gasteiger partial charge in [0.2, 0.25) is 5.95 Å². The quantitative estimate of drug-likeness (QED) is 0.286. The van der Waals surface area contributed by atoms with Gasteiger partial charge < -0.3 is 19.8 Å². The van der Waals surface area contributed by atoms with Crippen molar-refractivity contribution >= 4 is 32.9 Å². The topological polar surface area (TPSA) is 85.0 Å². The molecule has 0 spiro atoms. The smallest absolute Gasteiger partial charge is 0.223 e. The first-order chi connectivity index (χ1) is 14.6. The Bertz CT molecular complexity index is 1150. The molecular weight excluding hydrogens is 453 g/mol. The van der Waals surface area contributed by atoms with Crippen molar-refractivity contribution in [3.8, 4) is 11.3 Å². The van der Waals surface area contributed by atoms with Gasteiger partial charge in [-0.2, -0.15) is 0 Å². The predicted octanol–water partition coefficient (Wildman–Crippen LogP) is 4.70. The molecule has 1 unspecified atom stereocenters. The monoisotopic (exact) mass is 471 g/mol. The zero-order valence-electron chi connectivity index (χ0n) is 16.1. The molecular formula is C21H19BrFN5O2. The fourth-order valence-electron chi connectivity index (χ4n) is 3.07. The van der Waals surface area contributed by atoms with Crippen LogP contribution in [0.25, 0.3) is 22.3 Å². The molecule has 4 rings (SSSR count). The Morgan fingerprint density at radius 2 is 2.13 bits per heavy atom. The van der Waals surface area contributed by atoms with E-state index in [1.807, 2.05) is 18.3 Å². The van der Waals surface area contributed by atoms with Crippen molar-refractivity contribution in [1.82, 2.24) is 19.9 Å². The molecule has 3 heterocycles. The molecule has 0 amide bonds. The summed E-state index contributed by atoms with van der Waals surface area (Å²) in [6, 6.07) is 9.99. The zero-order valence-corrected chi connectivity index (χ0v) is 17.7. The number of fused-ring (bicyclic) bond motifs is 1. The van der Waals surface area contributed by atoms with Crippen molar-refractivity contribution in [2.24, 2.45) is 0 Å². The minimum absolute atomic E-state index is 0.326. The number of methoxy groups -OCH3 is 1. The molecule has 4 aromatic rings. The molecule has 1 atom stereocenters. The van der Waals surface area contributed by atoms with Gasteiger partial charge in [-0.15, -0.1) is 0 Å². The molecule has 3 aromatic heterocycles. The molecule has 30 heavy (non-hydrogen) atoms. The summed E-state index contributed by atoms with van der Waals surface area (Å²) in [5, 5.41) is 4.10. The number of rotatable bonds is 8. The minimum atomic E-state index is -0.646. The Hall–Kier alpha value is -2.88. The molecule has 7 nitrogen and oxygen atoms in total. The van der Waals surface area contributed by atoms with Crippen LogP contribution in [0.15, 0.2) is 59.5 Å². The summed E-state index contributed by atoms with van der Waals surface area (Å²) >= 11 is 3.45. The standard InChI is InChI=1S/C21H19BrFN5O2/c1-29-20(13-3-2-4-15(23)9-13)30-8-7-25-21-24-6-5-18(28-21)17-12-27-19-16(17)10-14(22)11-26-19/h2-6,9-12,20H,7-8H2,1H3,(H,26,27)(H,24,25,28). The Morgan fingerprint density at radius 3 is 2.97 bits per heavy atom. The van der Waals surface area contributed by atoms with Crippen LogP contribution in [-0.2, 0) is 9.47 Å². The van der Waals surface area contributed by atoms with Crippen LogP contribution in [0.5, 0.6) is 0 Å². The summed E-state index contributed by atoms with van der Waals surface area (Å²) in [4.78, 5) is 16.3. The average molecular weight is 472 g/mol. The van der Waals surface area contributed by atoms with Gasteiger partial charge in [0.15, 0.2) is 6.29 Å². The van der Waals surface area contributed by atoms with E-state index < -0.39 is 6.29 Å². The number of hydrogen-bond acceptors (Lipinski definition) is 6. The average Bonchev–Trinajstić information content (AvgIpc) is 3.17. The molecule has 1 aromatic carbocycles. The zero-order chi connectivity index (χ0) is 20.9. The predicted molar refractivity (Wildman–Crippen MR) is 115 cm³/mol. The van der Waals surface area contributed by atoms with Crippen LogP contribution in [0.3, 0.4) is 0 Å². The van der Waals surface area contributed by atoms with Gasteiger partial charge in [-0.05, 0) is 40.2 Å². The van der Waals surface area contributed by atoms with Crippen LogP contribution in [0.4, 0.5) is 10.3 Å². The van der Waals surface area contributed by atoms with Crippen molar-refractivity contribution in [3.63, 3.8) is 0 Å². The van der Waals surface area contributed by atoms with Gasteiger partial charge in [0.05, 0.1) is 12.3 Å². The van der Waals surface area contributed by atoms with Gasteiger partial charge in [-0.1, -0.05) is 12.1 Å². The van der Waals surface area contributed by atoms with Crippen molar-refractivity contribution in [1.29, 1.82) is 0 Å². The summed E-state index contributed by atoms with van der Waals surface area (Å²) in [6.07, 6.45) is 4.67. The number of pyridine rings is 1. The van der Waals surface area contributed by atoms with E-state index >= 15 is 0 Å². The second-order valence-electron chi connectivity index (χ2n) is 6.44. The number of nitrogens with zero attached hydrogens (tertiary/aromatic N) is 3. The molecule has 2 N–H and O–H groups in total. The largest absolute Gasteiger partial charge is 0.352 e. The molecule has 0 aliphatic carbocycles. The van der Waals surface area contributed by atoms with Crippen LogP contribution in [0.2, 0.25) is 0 Å². The van der Waals surface area contributed by atoms with E-state index in [2.05, 4.69) is 41.2 Å². The number of halogens is 2. The summed E-state index contributed by atoms with van der Waals surface area (Å²) in [5.74, 6) is 0.147. The van der Waals surface area contributed by atoms with Crippen LogP contribution >= 0.6 is 15.9 Å². The Kier molecular flexibility index (Phi) is 6.32. The summed E-state index contributed by atoms with van der Waals surface area (Å²) < 4.78 is 25.3. The number of nitrogens with one attached hydrogen (secondary N) is 2. The first-order valence-corrected chi connectivity index (χ1v) is 10.0. The lowest BCUT2D eigenvalue weighted by Gasteiger charge is -2.17. The number of anilines is 1. The Morgan fingerprint density at radius 1 is 1.23 bits per heavy atom. The Balaban J connectivity index is 1.39. The lowest BCUT2D eigenvalue weighted by Crippen LogP contribution is -2.15. The molecule has 0 fully saturated rings. The van der Waals surface area contributed by atoms with E-state index in [1.54, 1.807) is 24.5 Å². The molecule has 0 saturated heterocycles. The van der Waals surface area contributed by atoms with Gasteiger partial charge in [0, 0.05) is 53.2 Å². The summed E-state index contributed by atoms with van der Waals surface area (Å²) in [5.41, 5.74) is 3.12. The highest BCUT2D eigenvalue weighted by atomic mass is 79.9. The van der Waals surface area contributed by atoms with E-state index in [4.69, 9.17) is 9.47 Å². The molecule has 0 bridgehead atoms. The highest BCUT2D eigenvalue weighted by Gasteiger charge is 2.12. The summed E-state index contributed by atoms with van der Waals surface area (Å²) in [7, 11) is 1.52. The lowest BCUT2D eigenvalue weighted by atomic mass is 10.1. The number of aromatic nitrogens is 4. The third kappa shape index (κ3) is 4.64. The third-order valence-corrected chi connectivity index (χ3v) is 4.85. The van der Waals surface area contributed by atoms with Crippen LogP contribution in [0, 0.1) is 5.82 Å². The van der Waals surface area contributed by atoms with Gasteiger partial charge in [-0.25, -0.2) is 19.3 Å². The lowest BCUT2D eigenvalue weighted by molar-refractivity contribution is -0.125. The maximum Gasteiger partial charge on any atom is 0.223 e. The maximum absolute atomic E-state index is 13.4. The second-order valence-corrected chi connectivity index (χ2v) is 7.35. The number of aromatic amines is 1. The van der Waals surface area contributed by atoms with Crippen molar-refractivity contribution < 1.29 is 13.9 Å². The first-order valence-electron chi connectivity index (χ1n) is 9.24. The van der Waals surface area contributed by atoms with Crippen LogP contribution < -0.4 is 5.32 Å². The summed E-state index contributed by atoms with van der Waals surface area (Å²) in [6.45, 7) is 0.784. The van der Waals surface area contributed by atoms with E-state index in [1.165, 1.54) is 19.2 Å². The van der Waals surface area contributed by atoms with Crippen molar-refractivity contribution in [3.05, 3.63) is 70.8 Å². The molecule has 9 heteroatoms. The number of H-pyrrole nitrogens is 1. The van der Waals surface area contributed by atoms with Gasteiger partial charge >= 0.3 is 0 Å². The number of ether oxygens (including phenoxy) is 2. The normalized spacial score (nSPS) is 12.2. The van der Waals surface area contributed by atoms with Gasteiger partial charge in [0.25, 0.3) is 0 Å². The third-order valence-electron chi connectivity index (χ3n) is 4.42. The molecule has 0 aliphatic heterocycles. The van der Waals surface area contributed by atoms with E-state index in [0.717, 1.165) is 26.8 Å².